The van der Waals surface area contributed by atoms with Crippen LogP contribution in [0.5, 0.6) is 0 Å². The quantitative estimate of drug-likeness (QED) is 0.0827. The predicted octanol–water partition coefficient (Wildman–Crippen LogP) is -1.69. The SMILES string of the molecule is C=C[C@@]1(OC)[C@H](O)[C@@H](COP(O)(=S)OP(=O)(O)OC2OC([C@@H](F)CO)C(O)C(O)C2O)O[C@H]1c1csc(C(N)=O)c1N. The smallest absolute Gasteiger partial charge is 0.397 e. The Morgan fingerprint density at radius 3 is 2.45 bits per heavy atom. The lowest BCUT2D eigenvalue weighted by molar-refractivity contribution is -0.287. The first-order valence-electron chi connectivity index (χ1n) is 11.8. The molecular weight excluding hydrogens is 653 g/mol. The lowest BCUT2D eigenvalue weighted by atomic mass is 9.87. The molecule has 2 aliphatic heterocycles. The van der Waals surface area contributed by atoms with E-state index in [2.05, 4.69) is 15.4 Å². The first-order valence-corrected chi connectivity index (χ1v) is 16.7. The van der Waals surface area contributed by atoms with Crippen LogP contribution in [0.1, 0.15) is 21.3 Å². The van der Waals surface area contributed by atoms with E-state index in [1.807, 2.05) is 0 Å². The monoisotopic (exact) mass is 684 g/mol. The van der Waals surface area contributed by atoms with Crippen LogP contribution in [0.15, 0.2) is 18.0 Å². The number of nitrogen functional groups attached to an aromatic ring is 1. The molecular formula is C20H31FN2O15P2S2. The van der Waals surface area contributed by atoms with E-state index in [0.29, 0.717) is 0 Å². The van der Waals surface area contributed by atoms with Gasteiger partial charge in [-0.25, -0.2) is 13.3 Å². The van der Waals surface area contributed by atoms with E-state index < -0.39 is 94.5 Å². The fraction of sp³-hybridized carbons (Fsp3) is 0.650. The van der Waals surface area contributed by atoms with Crippen LogP contribution in [0.3, 0.4) is 0 Å². The minimum absolute atomic E-state index is 0.0219. The molecule has 0 aromatic carbocycles. The maximum Gasteiger partial charge on any atom is 0.481 e. The average molecular weight is 685 g/mol. The maximum absolute atomic E-state index is 13.9. The number of primary amides is 1. The van der Waals surface area contributed by atoms with Crippen LogP contribution in [-0.2, 0) is 43.9 Å². The minimum atomic E-state index is -5.51. The molecule has 2 aliphatic rings. The number of nitrogens with two attached hydrogens (primary N) is 2. The Kier molecular flexibility index (Phi) is 11.4. The fourth-order valence-electron chi connectivity index (χ4n) is 4.40. The molecule has 22 heteroatoms. The summed E-state index contributed by atoms with van der Waals surface area (Å²) >= 11 is 5.66. The normalized spacial score (nSPS) is 37.1. The maximum atomic E-state index is 13.9. The molecule has 12 atom stereocenters. The van der Waals surface area contributed by atoms with Crippen molar-refractivity contribution in [2.45, 2.75) is 60.8 Å². The molecule has 0 aliphatic carbocycles. The molecule has 2 saturated heterocycles. The molecule has 240 valence electrons. The number of methoxy groups -OCH3 is 1. The van der Waals surface area contributed by atoms with Crippen LogP contribution in [0.25, 0.3) is 0 Å². The Bertz CT molecular complexity index is 1240. The number of thiophene rings is 1. The third-order valence-electron chi connectivity index (χ3n) is 6.56. The van der Waals surface area contributed by atoms with E-state index in [1.54, 1.807) is 0 Å². The number of ether oxygens (including phenoxy) is 3. The van der Waals surface area contributed by atoms with Crippen LogP contribution in [0.2, 0.25) is 0 Å². The van der Waals surface area contributed by atoms with Crippen LogP contribution in [0.4, 0.5) is 10.1 Å². The first-order chi connectivity index (χ1) is 19.4. The highest BCUT2D eigenvalue weighted by molar-refractivity contribution is 8.08. The van der Waals surface area contributed by atoms with Crippen molar-refractivity contribution in [3.63, 3.8) is 0 Å². The van der Waals surface area contributed by atoms with E-state index in [-0.39, 0.29) is 16.1 Å². The second-order valence-electron chi connectivity index (χ2n) is 9.12. The molecule has 17 nitrogen and oxygen atoms in total. The number of hydrogen-bond donors (Lipinski definition) is 9. The van der Waals surface area contributed by atoms with Gasteiger partial charge in [-0.1, -0.05) is 6.08 Å². The van der Waals surface area contributed by atoms with Crippen LogP contribution >= 0.6 is 25.9 Å². The van der Waals surface area contributed by atoms with Gasteiger partial charge < -0.3 is 65.5 Å². The number of aliphatic hydroxyl groups is 5. The Hall–Kier alpha value is -1.00. The molecule has 0 radical (unpaired) electrons. The number of carbonyl (C=O) groups is 1. The van der Waals surface area contributed by atoms with Gasteiger partial charge in [0, 0.05) is 12.7 Å². The van der Waals surface area contributed by atoms with Crippen molar-refractivity contribution in [2.75, 3.05) is 26.1 Å². The summed E-state index contributed by atoms with van der Waals surface area (Å²) in [5.41, 5.74) is 9.89. The molecule has 1 aromatic rings. The Morgan fingerprint density at radius 1 is 1.29 bits per heavy atom. The molecule has 0 bridgehead atoms. The lowest BCUT2D eigenvalue weighted by Crippen LogP contribution is -2.60. The van der Waals surface area contributed by atoms with Crippen molar-refractivity contribution in [1.82, 2.24) is 0 Å². The van der Waals surface area contributed by atoms with Crippen molar-refractivity contribution in [2.24, 2.45) is 5.73 Å². The lowest BCUT2D eigenvalue weighted by Gasteiger charge is -2.41. The van der Waals surface area contributed by atoms with E-state index in [4.69, 9.17) is 47.1 Å². The van der Waals surface area contributed by atoms with E-state index in [9.17, 15) is 44.0 Å². The van der Waals surface area contributed by atoms with Gasteiger partial charge in [0.25, 0.3) is 5.91 Å². The van der Waals surface area contributed by atoms with Gasteiger partial charge in [-0.2, -0.15) is 0 Å². The van der Waals surface area contributed by atoms with Gasteiger partial charge in [0.15, 0.2) is 12.5 Å². The zero-order valence-electron chi connectivity index (χ0n) is 21.6. The van der Waals surface area contributed by atoms with Crippen molar-refractivity contribution < 1.29 is 76.6 Å². The number of phosphoric ester groups is 1. The number of hydrogen-bond acceptors (Lipinski definition) is 16. The minimum Gasteiger partial charge on any atom is -0.397 e. The molecule has 11 N–H and O–H groups in total. The summed E-state index contributed by atoms with van der Waals surface area (Å²) in [6, 6.07) is 0. The third kappa shape index (κ3) is 7.11. The van der Waals surface area contributed by atoms with Crippen molar-refractivity contribution in [3.05, 3.63) is 28.5 Å². The summed E-state index contributed by atoms with van der Waals surface area (Å²) in [6.45, 7) is -3.01. The van der Waals surface area contributed by atoms with Gasteiger partial charge in [-0.15, -0.1) is 17.9 Å². The number of phosphoric acid groups is 1. The zero-order chi connectivity index (χ0) is 31.8. The van der Waals surface area contributed by atoms with E-state index >= 15 is 0 Å². The molecule has 2 fully saturated rings. The summed E-state index contributed by atoms with van der Waals surface area (Å²) in [4.78, 5) is 32.2. The Labute approximate surface area is 246 Å². The van der Waals surface area contributed by atoms with Gasteiger partial charge in [0.1, 0.15) is 53.2 Å². The van der Waals surface area contributed by atoms with E-state index in [1.165, 1.54) is 18.6 Å². The highest BCUT2D eigenvalue weighted by Gasteiger charge is 2.57. The number of aliphatic hydroxyl groups excluding tert-OH is 5. The summed E-state index contributed by atoms with van der Waals surface area (Å²) in [5.74, 6) is -0.803. The number of alkyl halides is 1. The molecule has 7 unspecified atom stereocenters. The van der Waals surface area contributed by atoms with Gasteiger partial charge in [-0.05, 0) is 17.2 Å². The van der Waals surface area contributed by atoms with Crippen molar-refractivity contribution in [1.29, 1.82) is 0 Å². The summed E-state index contributed by atoms with van der Waals surface area (Å²) in [5, 5.41) is 51.3. The summed E-state index contributed by atoms with van der Waals surface area (Å²) in [7, 11) is -4.28. The van der Waals surface area contributed by atoms with Crippen LogP contribution in [-0.4, -0.2) is 116 Å². The van der Waals surface area contributed by atoms with Crippen molar-refractivity contribution in [3.8, 4) is 0 Å². The average Bonchev–Trinajstić information content (AvgIpc) is 3.43. The predicted molar refractivity (Wildman–Crippen MR) is 144 cm³/mol. The highest BCUT2D eigenvalue weighted by atomic mass is 32.5. The number of amides is 1. The topological polar surface area (TPSA) is 283 Å². The fourth-order valence-corrected chi connectivity index (χ4v) is 8.35. The number of anilines is 1. The number of carbonyl (C=O) groups excluding carboxylic acids is 1. The molecule has 1 amide bonds. The Morgan fingerprint density at radius 2 is 1.93 bits per heavy atom. The van der Waals surface area contributed by atoms with E-state index in [0.717, 1.165) is 11.3 Å². The summed E-state index contributed by atoms with van der Waals surface area (Å²) < 4.78 is 56.9. The summed E-state index contributed by atoms with van der Waals surface area (Å²) in [6.07, 6.45) is -15.8. The molecule has 3 rings (SSSR count). The molecule has 1 aromatic heterocycles. The first kappa shape index (κ1) is 35.5. The second-order valence-corrected chi connectivity index (χ2v) is 14.4. The molecule has 42 heavy (non-hydrogen) atoms. The van der Waals surface area contributed by atoms with Gasteiger partial charge >= 0.3 is 14.5 Å². The second kappa shape index (κ2) is 13.6. The standard InChI is InChI=1S/C20H31FN2O15P2S2/c1-3-20(33-2)16(28)9(35-17(20)7-6-42-15(10(7)22)18(23)29)5-34-40(32,41)38-39(30,31)37-19-13(27)11(25)12(26)14(36-19)8(21)4-24/h3,6,8-9,11-14,16-17,19,24-28H,1,4-5,22H2,2H3,(H2,23,29)(H,30,31)(H,32,41)/t8-,9+,11?,12?,13?,14?,16+,17-,19?,20+,40?/m0/s1. The molecule has 0 spiro atoms. The molecule has 0 saturated carbocycles. The highest BCUT2D eigenvalue weighted by Crippen LogP contribution is 2.62. The zero-order valence-corrected chi connectivity index (χ0v) is 25.0. The number of halogens is 1. The largest absolute Gasteiger partial charge is 0.481 e. The number of rotatable bonds is 13. The van der Waals surface area contributed by atoms with Gasteiger partial charge in [0.2, 0.25) is 0 Å². The third-order valence-corrected chi connectivity index (χ3v) is 11.1. The van der Waals surface area contributed by atoms with Gasteiger partial charge in [-0.3, -0.25) is 9.32 Å². The van der Waals surface area contributed by atoms with Gasteiger partial charge in [0.05, 0.1) is 18.9 Å². The van der Waals surface area contributed by atoms with Crippen LogP contribution in [0, 0.1) is 0 Å². The van der Waals surface area contributed by atoms with Crippen molar-refractivity contribution >= 4 is 49.3 Å². The Balaban J connectivity index is 1.72. The molecule has 3 heterocycles. The van der Waals surface area contributed by atoms with Crippen LogP contribution < -0.4 is 11.5 Å².